The number of esters is 1. The van der Waals surface area contributed by atoms with Gasteiger partial charge in [-0.05, 0) is 98.2 Å². The van der Waals surface area contributed by atoms with Crippen molar-refractivity contribution in [2.75, 3.05) is 6.61 Å². The monoisotopic (exact) mass is 611 g/mol. The molecule has 0 unspecified atom stereocenters. The summed E-state index contributed by atoms with van der Waals surface area (Å²) in [5, 5.41) is 20.8. The van der Waals surface area contributed by atoms with E-state index >= 15 is 0 Å². The molecule has 238 valence electrons. The van der Waals surface area contributed by atoms with E-state index in [1.165, 1.54) is 0 Å². The Bertz CT molecular complexity index is 1600. The normalized spacial score (nSPS) is 41.6. The Morgan fingerprint density at radius 3 is 2.29 bits per heavy atom. The Hall–Kier alpha value is -3.53. The van der Waals surface area contributed by atoms with E-state index in [1.54, 1.807) is 43.3 Å². The van der Waals surface area contributed by atoms with Gasteiger partial charge in [0.1, 0.15) is 12.7 Å². The second-order valence-corrected chi connectivity index (χ2v) is 16.4. The maximum atomic E-state index is 14.5. The maximum absolute atomic E-state index is 14.5. The van der Waals surface area contributed by atoms with Crippen molar-refractivity contribution in [2.24, 2.45) is 50.2 Å². The van der Waals surface area contributed by atoms with Crippen molar-refractivity contribution in [3.63, 3.8) is 0 Å². The summed E-state index contributed by atoms with van der Waals surface area (Å²) in [6, 6.07) is 10.8. The molecule has 5 aliphatic rings. The van der Waals surface area contributed by atoms with Gasteiger partial charge < -0.3 is 9.84 Å². The molecular formula is C38H45NO6. The second-order valence-electron chi connectivity index (χ2n) is 16.4. The van der Waals surface area contributed by atoms with Crippen LogP contribution in [0.3, 0.4) is 0 Å². The lowest BCUT2D eigenvalue weighted by molar-refractivity contribution is -0.189. The topological polar surface area (TPSA) is 122 Å². The molecule has 0 heterocycles. The highest BCUT2D eigenvalue weighted by Gasteiger charge is 2.71. The molecule has 0 aliphatic heterocycles. The van der Waals surface area contributed by atoms with Gasteiger partial charge in [-0.15, -0.1) is 0 Å². The number of ketones is 2. The molecule has 0 spiro atoms. The molecule has 5 aliphatic carbocycles. The number of allylic oxidation sites excluding steroid dienone is 4. The lowest BCUT2D eigenvalue weighted by atomic mass is 9.34. The van der Waals surface area contributed by atoms with Crippen molar-refractivity contribution < 1.29 is 29.0 Å². The molecule has 7 heteroatoms. The smallest absolute Gasteiger partial charge is 0.338 e. The lowest BCUT2D eigenvalue weighted by Gasteiger charge is -2.68. The number of carboxylic acid groups (broad SMARTS) is 1. The number of benzene rings is 1. The highest BCUT2D eigenvalue weighted by Crippen LogP contribution is 2.74. The number of hydrogen-bond acceptors (Lipinski definition) is 6. The van der Waals surface area contributed by atoms with Crippen LogP contribution in [0.25, 0.3) is 0 Å². The van der Waals surface area contributed by atoms with Gasteiger partial charge in [0.05, 0.1) is 22.0 Å². The Morgan fingerprint density at radius 2 is 1.64 bits per heavy atom. The van der Waals surface area contributed by atoms with Crippen molar-refractivity contribution >= 4 is 23.5 Å². The zero-order valence-electron chi connectivity index (χ0n) is 27.4. The third-order valence-corrected chi connectivity index (χ3v) is 13.6. The molecule has 0 amide bonds. The summed E-state index contributed by atoms with van der Waals surface area (Å²) in [6.07, 6.45) is 8.17. The van der Waals surface area contributed by atoms with E-state index in [2.05, 4.69) is 33.8 Å². The van der Waals surface area contributed by atoms with Gasteiger partial charge in [0.15, 0.2) is 11.6 Å². The first-order valence-corrected chi connectivity index (χ1v) is 16.4. The molecule has 3 saturated carbocycles. The first kappa shape index (κ1) is 31.5. The fourth-order valence-electron chi connectivity index (χ4n) is 10.9. The van der Waals surface area contributed by atoms with Gasteiger partial charge in [0, 0.05) is 11.3 Å². The molecule has 6 rings (SSSR count). The molecule has 0 aromatic heterocycles. The third kappa shape index (κ3) is 4.20. The van der Waals surface area contributed by atoms with Crippen LogP contribution < -0.4 is 0 Å². The molecule has 8 atom stereocenters. The van der Waals surface area contributed by atoms with Crippen molar-refractivity contribution in [3.8, 4) is 6.07 Å². The fraction of sp³-hybridized carbons (Fsp3) is 0.605. The van der Waals surface area contributed by atoms with Crippen LogP contribution in [0.1, 0.15) is 96.8 Å². The molecule has 3 fully saturated rings. The number of hydrogen-bond donors (Lipinski definition) is 1. The summed E-state index contributed by atoms with van der Waals surface area (Å²) in [6.45, 7) is 12.5. The first-order chi connectivity index (χ1) is 21.0. The van der Waals surface area contributed by atoms with Crippen LogP contribution in [0, 0.1) is 61.6 Å². The number of aliphatic carboxylic acids is 1. The third-order valence-electron chi connectivity index (χ3n) is 13.6. The molecule has 0 bridgehead atoms. The van der Waals surface area contributed by atoms with E-state index in [-0.39, 0.29) is 41.0 Å². The van der Waals surface area contributed by atoms with Gasteiger partial charge >= 0.3 is 11.9 Å². The summed E-state index contributed by atoms with van der Waals surface area (Å²) >= 11 is 0. The van der Waals surface area contributed by atoms with Crippen LogP contribution >= 0.6 is 0 Å². The Kier molecular flexibility index (Phi) is 6.98. The Morgan fingerprint density at radius 1 is 0.978 bits per heavy atom. The van der Waals surface area contributed by atoms with E-state index in [0.717, 1.165) is 12.0 Å². The fourth-order valence-corrected chi connectivity index (χ4v) is 10.9. The summed E-state index contributed by atoms with van der Waals surface area (Å²) in [5.41, 5.74) is -2.53. The summed E-state index contributed by atoms with van der Waals surface area (Å²) in [5.74, 6) is -2.65. The van der Waals surface area contributed by atoms with Crippen LogP contribution in [0.5, 0.6) is 0 Å². The number of carboxylic acids is 1. The van der Waals surface area contributed by atoms with Crippen LogP contribution in [-0.2, 0) is 19.1 Å². The molecule has 1 N–H and O–H groups in total. The minimum atomic E-state index is -1.17. The number of ether oxygens (including phenoxy) is 1. The minimum absolute atomic E-state index is 0.0270. The zero-order chi connectivity index (χ0) is 32.8. The van der Waals surface area contributed by atoms with Gasteiger partial charge in [0.25, 0.3) is 0 Å². The molecule has 45 heavy (non-hydrogen) atoms. The second kappa shape index (κ2) is 9.98. The predicted octanol–water partition coefficient (Wildman–Crippen LogP) is 7.13. The van der Waals surface area contributed by atoms with E-state index in [1.807, 2.05) is 13.0 Å². The number of rotatable bonds is 4. The number of nitrogens with zero attached hydrogens (tertiary/aromatic N) is 1. The average Bonchev–Trinajstić information content (AvgIpc) is 2.99. The highest BCUT2D eigenvalue weighted by molar-refractivity contribution is 6.05. The largest absolute Gasteiger partial charge is 0.481 e. The number of fused-ring (bicyclic) bond motifs is 7. The quantitative estimate of drug-likeness (QED) is 0.360. The Balaban J connectivity index is 1.44. The number of carbonyl (C=O) groups excluding carboxylic acids is 3. The van der Waals surface area contributed by atoms with Gasteiger partial charge in [0.2, 0.25) is 0 Å². The van der Waals surface area contributed by atoms with Gasteiger partial charge in [-0.3, -0.25) is 14.4 Å². The molecule has 0 saturated heterocycles. The van der Waals surface area contributed by atoms with Crippen LogP contribution in [0.2, 0.25) is 0 Å². The van der Waals surface area contributed by atoms with Crippen molar-refractivity contribution in [2.45, 2.75) is 86.5 Å². The van der Waals surface area contributed by atoms with Gasteiger partial charge in [-0.25, -0.2) is 4.79 Å². The molecular weight excluding hydrogens is 566 g/mol. The van der Waals surface area contributed by atoms with Crippen molar-refractivity contribution in [3.05, 3.63) is 59.2 Å². The molecule has 7 nitrogen and oxygen atoms in total. The standard InChI is InChI=1S/C38H45NO6/c1-33(2)14-16-38(32(43)44)17-15-37(6)29(25(38)20-33)26(40)18-28-34(3)19-24(21-39)30(41)35(4,27(34)12-13-36(28,37)5)22-45-31(42)23-10-8-7-9-11-23/h7-11,18-19,25,27,29H,12-17,20,22H2,1-6H3,(H,43,44)/t25-,27+,29-,34-,35-,36+,37+,38-/m0/s1. The Labute approximate surface area is 266 Å². The summed E-state index contributed by atoms with van der Waals surface area (Å²) in [4.78, 5) is 54.4. The van der Waals surface area contributed by atoms with Crippen molar-refractivity contribution in [1.29, 1.82) is 5.26 Å². The molecule has 0 radical (unpaired) electrons. The van der Waals surface area contributed by atoms with Crippen LogP contribution in [0.15, 0.2) is 53.6 Å². The summed E-state index contributed by atoms with van der Waals surface area (Å²) < 4.78 is 5.79. The molecule has 1 aromatic rings. The van der Waals surface area contributed by atoms with Crippen LogP contribution in [0.4, 0.5) is 0 Å². The maximum Gasteiger partial charge on any atom is 0.338 e. The van der Waals surface area contributed by atoms with E-state index in [4.69, 9.17) is 4.74 Å². The highest BCUT2D eigenvalue weighted by atomic mass is 16.5. The van der Waals surface area contributed by atoms with E-state index in [0.29, 0.717) is 44.1 Å². The van der Waals surface area contributed by atoms with E-state index < -0.39 is 44.9 Å². The van der Waals surface area contributed by atoms with Gasteiger partial charge in [-0.2, -0.15) is 5.26 Å². The van der Waals surface area contributed by atoms with Crippen LogP contribution in [-0.4, -0.2) is 35.2 Å². The van der Waals surface area contributed by atoms with Gasteiger partial charge in [-0.1, -0.05) is 64.5 Å². The number of Topliss-reactive ketones (excluding diaryl/α,β-unsaturated/α-hetero) is 1. The number of carbonyl (C=O) groups is 4. The minimum Gasteiger partial charge on any atom is -0.481 e. The van der Waals surface area contributed by atoms with E-state index in [9.17, 15) is 29.5 Å². The predicted molar refractivity (Wildman–Crippen MR) is 168 cm³/mol. The van der Waals surface area contributed by atoms with Crippen molar-refractivity contribution in [1.82, 2.24) is 0 Å². The number of nitriles is 1. The SMILES string of the molecule is CC1(C)CC[C@]2(C(=O)O)CC[C@]3(C)[C@H](C(=O)C=C4[C@@]5(C)C=C(C#N)C(=O)[C@@](C)(COC(=O)c6ccccc6)[C@@H]5CC[C@]43C)[C@@H]2C1. The lowest BCUT2D eigenvalue weighted by Crippen LogP contribution is -2.66. The average molecular weight is 612 g/mol. The molecule has 1 aromatic carbocycles. The summed E-state index contributed by atoms with van der Waals surface area (Å²) in [7, 11) is 0. The zero-order valence-corrected chi connectivity index (χ0v) is 27.4. The first-order valence-electron chi connectivity index (χ1n) is 16.4.